The predicted octanol–water partition coefficient (Wildman–Crippen LogP) is 3.01. The summed E-state index contributed by atoms with van der Waals surface area (Å²) in [5.41, 5.74) is 1.40. The van der Waals surface area contributed by atoms with Crippen molar-refractivity contribution in [1.29, 1.82) is 0 Å². The third kappa shape index (κ3) is 3.92. The summed E-state index contributed by atoms with van der Waals surface area (Å²) in [6, 6.07) is 9.31. The first kappa shape index (κ1) is 17.3. The summed E-state index contributed by atoms with van der Waals surface area (Å²) >= 11 is 6.15. The van der Waals surface area contributed by atoms with E-state index in [1.807, 2.05) is 59.9 Å². The van der Waals surface area contributed by atoms with Crippen LogP contribution in [0.25, 0.3) is 11.7 Å². The molecule has 0 fully saturated rings. The molecule has 0 radical (unpaired) electrons. The van der Waals surface area contributed by atoms with Crippen LogP contribution in [0, 0.1) is 0 Å². The number of fused-ring (bicyclic) bond motifs is 1. The molecule has 3 rings (SSSR count). The first-order valence-electron chi connectivity index (χ1n) is 7.84. The zero-order valence-corrected chi connectivity index (χ0v) is 14.8. The number of amides is 1. The van der Waals surface area contributed by atoms with Crippen LogP contribution in [0.15, 0.2) is 53.3 Å². The minimum Gasteiger partial charge on any atom is -0.468 e. The molecule has 0 spiro atoms. The Morgan fingerprint density at radius 3 is 2.96 bits per heavy atom. The SMILES string of the molecule is CN(C)C(CNC(=O)/C=C/c1c(Cl)nc2ccccn12)c1ccco1. The molecule has 25 heavy (non-hydrogen) atoms. The highest BCUT2D eigenvalue weighted by Crippen LogP contribution is 2.19. The Morgan fingerprint density at radius 2 is 2.24 bits per heavy atom. The van der Waals surface area contributed by atoms with Gasteiger partial charge in [-0.25, -0.2) is 4.98 Å². The average Bonchev–Trinajstić information content (AvgIpc) is 3.20. The second-order valence-corrected chi connectivity index (χ2v) is 6.15. The lowest BCUT2D eigenvalue weighted by Crippen LogP contribution is -2.33. The maximum Gasteiger partial charge on any atom is 0.244 e. The second kappa shape index (κ2) is 7.55. The molecule has 3 aromatic heterocycles. The quantitative estimate of drug-likeness (QED) is 0.688. The van der Waals surface area contributed by atoms with Crippen molar-refractivity contribution in [3.05, 3.63) is 65.5 Å². The molecule has 6 nitrogen and oxygen atoms in total. The standard InChI is InChI=1S/C18H19ClN4O2/c1-22(2)14(15-6-5-11-25-15)12-20-17(24)9-8-13-18(19)21-16-7-3-4-10-23(13)16/h3-11,14H,12H2,1-2H3,(H,20,24)/b9-8+. The molecule has 1 amide bonds. The van der Waals surface area contributed by atoms with Gasteiger partial charge >= 0.3 is 0 Å². The molecule has 0 aliphatic rings. The number of imidazole rings is 1. The number of furan rings is 1. The van der Waals surface area contributed by atoms with Gasteiger partial charge in [0.1, 0.15) is 11.4 Å². The molecule has 130 valence electrons. The number of halogens is 1. The summed E-state index contributed by atoms with van der Waals surface area (Å²) in [6.45, 7) is 0.435. The minimum atomic E-state index is -0.208. The molecule has 3 heterocycles. The molecular weight excluding hydrogens is 340 g/mol. The summed E-state index contributed by atoms with van der Waals surface area (Å²) in [4.78, 5) is 18.4. The topological polar surface area (TPSA) is 62.8 Å². The van der Waals surface area contributed by atoms with Crippen molar-refractivity contribution in [2.24, 2.45) is 0 Å². The van der Waals surface area contributed by atoms with Crippen LogP contribution in [0.5, 0.6) is 0 Å². The fourth-order valence-corrected chi connectivity index (χ4v) is 2.81. The van der Waals surface area contributed by atoms with Crippen molar-refractivity contribution in [2.75, 3.05) is 20.6 Å². The number of pyridine rings is 1. The number of nitrogens with zero attached hydrogens (tertiary/aromatic N) is 3. The Morgan fingerprint density at radius 1 is 1.40 bits per heavy atom. The van der Waals surface area contributed by atoms with Crippen molar-refractivity contribution in [1.82, 2.24) is 19.6 Å². The number of hydrogen-bond acceptors (Lipinski definition) is 4. The van der Waals surface area contributed by atoms with Gasteiger partial charge in [0.05, 0.1) is 18.0 Å². The fourth-order valence-electron chi connectivity index (χ4n) is 2.56. The van der Waals surface area contributed by atoms with Crippen molar-refractivity contribution in [3.63, 3.8) is 0 Å². The fraction of sp³-hybridized carbons (Fsp3) is 0.222. The molecule has 0 aliphatic carbocycles. The largest absolute Gasteiger partial charge is 0.468 e. The average molecular weight is 359 g/mol. The number of aromatic nitrogens is 2. The van der Waals surface area contributed by atoms with E-state index >= 15 is 0 Å². The zero-order valence-electron chi connectivity index (χ0n) is 14.0. The molecule has 0 bridgehead atoms. The lowest BCUT2D eigenvalue weighted by molar-refractivity contribution is -0.116. The molecule has 0 aliphatic heterocycles. The van der Waals surface area contributed by atoms with Crippen LogP contribution in [0.3, 0.4) is 0 Å². The van der Waals surface area contributed by atoms with Crippen LogP contribution < -0.4 is 5.32 Å². The highest BCUT2D eigenvalue weighted by atomic mass is 35.5. The van der Waals surface area contributed by atoms with Crippen LogP contribution in [0.4, 0.5) is 0 Å². The second-order valence-electron chi connectivity index (χ2n) is 5.79. The summed E-state index contributed by atoms with van der Waals surface area (Å²) in [5, 5.41) is 3.24. The van der Waals surface area contributed by atoms with Crippen LogP contribution in [-0.2, 0) is 4.79 Å². The summed E-state index contributed by atoms with van der Waals surface area (Å²) in [5.74, 6) is 0.597. The Hall–Kier alpha value is -2.57. The third-order valence-corrected chi connectivity index (χ3v) is 4.16. The number of rotatable bonds is 6. The Kier molecular flexibility index (Phi) is 5.21. The molecule has 1 atom stereocenters. The van der Waals surface area contributed by atoms with Gasteiger partial charge in [-0.15, -0.1) is 0 Å². The van der Waals surface area contributed by atoms with E-state index in [2.05, 4.69) is 10.3 Å². The maximum absolute atomic E-state index is 12.2. The van der Waals surface area contributed by atoms with Crippen molar-refractivity contribution in [3.8, 4) is 0 Å². The molecule has 0 saturated heterocycles. The van der Waals surface area contributed by atoms with Crippen LogP contribution in [0.2, 0.25) is 5.15 Å². The van der Waals surface area contributed by atoms with Gasteiger partial charge in [0.25, 0.3) is 0 Å². The van der Waals surface area contributed by atoms with Gasteiger partial charge in [0.15, 0.2) is 5.15 Å². The van der Waals surface area contributed by atoms with Gasteiger partial charge in [0, 0.05) is 18.8 Å². The first-order chi connectivity index (χ1) is 12.1. The van der Waals surface area contributed by atoms with E-state index < -0.39 is 0 Å². The van der Waals surface area contributed by atoms with Crippen molar-refractivity contribution >= 4 is 29.2 Å². The van der Waals surface area contributed by atoms with E-state index in [1.165, 1.54) is 6.08 Å². The maximum atomic E-state index is 12.2. The van der Waals surface area contributed by atoms with Crippen LogP contribution >= 0.6 is 11.6 Å². The summed E-state index contributed by atoms with van der Waals surface area (Å²) in [6.07, 6.45) is 6.59. The van der Waals surface area contributed by atoms with E-state index in [9.17, 15) is 4.79 Å². The Bertz CT molecular complexity index is 884. The Labute approximate surface area is 150 Å². The van der Waals surface area contributed by atoms with Gasteiger partial charge in [0.2, 0.25) is 5.91 Å². The smallest absolute Gasteiger partial charge is 0.244 e. The lowest BCUT2D eigenvalue weighted by atomic mass is 10.2. The lowest BCUT2D eigenvalue weighted by Gasteiger charge is -2.22. The molecule has 1 N–H and O–H groups in total. The zero-order chi connectivity index (χ0) is 17.8. The molecular formula is C18H19ClN4O2. The van der Waals surface area contributed by atoms with Gasteiger partial charge in [-0.1, -0.05) is 17.7 Å². The van der Waals surface area contributed by atoms with Crippen LogP contribution in [0.1, 0.15) is 17.5 Å². The van der Waals surface area contributed by atoms with Crippen molar-refractivity contribution in [2.45, 2.75) is 6.04 Å². The first-order valence-corrected chi connectivity index (χ1v) is 8.22. The molecule has 3 aromatic rings. The Balaban J connectivity index is 1.67. The van der Waals surface area contributed by atoms with Gasteiger partial charge < -0.3 is 9.73 Å². The molecule has 0 saturated carbocycles. The normalized spacial score (nSPS) is 13.0. The molecule has 7 heteroatoms. The predicted molar refractivity (Wildman–Crippen MR) is 97.4 cm³/mol. The summed E-state index contributed by atoms with van der Waals surface area (Å²) in [7, 11) is 3.88. The van der Waals surface area contributed by atoms with E-state index in [1.54, 1.807) is 12.3 Å². The van der Waals surface area contributed by atoms with Gasteiger partial charge in [-0.2, -0.15) is 0 Å². The number of nitrogens with one attached hydrogen (secondary N) is 1. The highest BCUT2D eigenvalue weighted by Gasteiger charge is 2.17. The molecule has 0 aromatic carbocycles. The van der Waals surface area contributed by atoms with E-state index in [4.69, 9.17) is 16.0 Å². The number of carbonyl (C=O) groups excluding carboxylic acids is 1. The van der Waals surface area contributed by atoms with E-state index in [0.717, 1.165) is 11.4 Å². The minimum absolute atomic E-state index is 0.0354. The molecule has 1 unspecified atom stereocenters. The monoisotopic (exact) mass is 358 g/mol. The van der Waals surface area contributed by atoms with E-state index in [0.29, 0.717) is 17.4 Å². The highest BCUT2D eigenvalue weighted by molar-refractivity contribution is 6.31. The number of hydrogen-bond donors (Lipinski definition) is 1. The summed E-state index contributed by atoms with van der Waals surface area (Å²) < 4.78 is 7.26. The van der Waals surface area contributed by atoms with Crippen LogP contribution in [-0.4, -0.2) is 40.8 Å². The van der Waals surface area contributed by atoms with Gasteiger partial charge in [-0.3, -0.25) is 14.1 Å². The van der Waals surface area contributed by atoms with Gasteiger partial charge in [-0.05, 0) is 44.4 Å². The third-order valence-electron chi connectivity index (χ3n) is 3.88. The number of carbonyl (C=O) groups is 1. The van der Waals surface area contributed by atoms with Crippen molar-refractivity contribution < 1.29 is 9.21 Å². The van der Waals surface area contributed by atoms with E-state index in [-0.39, 0.29) is 11.9 Å². The number of likely N-dealkylation sites (N-methyl/N-ethyl adjacent to an activating group) is 1.